The number of benzene rings is 1. The Morgan fingerprint density at radius 2 is 1.81 bits per heavy atom. The summed E-state index contributed by atoms with van der Waals surface area (Å²) < 4.78 is 2.13. The first kappa shape index (κ1) is 21.5. The second-order valence-electron chi connectivity index (χ2n) is 7.59. The minimum Gasteiger partial charge on any atom is -0.326 e. The van der Waals surface area contributed by atoms with E-state index < -0.39 is 5.41 Å². The van der Waals surface area contributed by atoms with Crippen LogP contribution in [-0.2, 0) is 24.2 Å². The van der Waals surface area contributed by atoms with Gasteiger partial charge >= 0.3 is 0 Å². The maximum Gasteiger partial charge on any atom is 0.229 e. The van der Waals surface area contributed by atoms with Gasteiger partial charge in [-0.25, -0.2) is 0 Å². The van der Waals surface area contributed by atoms with Crippen molar-refractivity contribution in [1.82, 2.24) is 15.1 Å². The first-order valence-corrected chi connectivity index (χ1v) is 10.4. The molecule has 2 aromatic rings. The fraction of sp³-hybridized carbons (Fsp3) is 0.524. The van der Waals surface area contributed by atoms with E-state index in [-0.39, 0.29) is 5.91 Å². The standard InChI is InChI=1S/C21H32N4OS/c1-7-17-19(18(8-2)25(24-17)14-13-22-6)27-16-11-9-15(10-12-16)23-20(26)21(3,4)5/h9-12,22H,7-8,13-14H2,1-6H3,(H,23,26). The molecule has 0 saturated carbocycles. The molecular weight excluding hydrogens is 356 g/mol. The first-order chi connectivity index (χ1) is 12.8. The van der Waals surface area contributed by atoms with Crippen LogP contribution in [0.15, 0.2) is 34.1 Å². The summed E-state index contributed by atoms with van der Waals surface area (Å²) in [5.41, 5.74) is 2.87. The molecule has 0 bridgehead atoms. The van der Waals surface area contributed by atoms with Crippen LogP contribution in [0.1, 0.15) is 46.0 Å². The lowest BCUT2D eigenvalue weighted by Crippen LogP contribution is -2.27. The number of anilines is 1. The third-order valence-electron chi connectivity index (χ3n) is 4.33. The minimum absolute atomic E-state index is 0.0234. The zero-order valence-electron chi connectivity index (χ0n) is 17.3. The molecule has 1 aromatic carbocycles. The number of aromatic nitrogens is 2. The van der Waals surface area contributed by atoms with Crippen LogP contribution in [0.25, 0.3) is 0 Å². The molecule has 5 nitrogen and oxygen atoms in total. The predicted octanol–water partition coefficient (Wildman–Crippen LogP) is 4.36. The Hall–Kier alpha value is -1.79. The van der Waals surface area contributed by atoms with Crippen molar-refractivity contribution in [2.45, 2.75) is 63.8 Å². The van der Waals surface area contributed by atoms with E-state index in [1.165, 1.54) is 10.6 Å². The fourth-order valence-corrected chi connectivity index (χ4v) is 3.85. The highest BCUT2D eigenvalue weighted by atomic mass is 32.2. The van der Waals surface area contributed by atoms with E-state index in [1.54, 1.807) is 11.8 Å². The maximum absolute atomic E-state index is 12.1. The van der Waals surface area contributed by atoms with Gasteiger partial charge in [0.25, 0.3) is 0 Å². The summed E-state index contributed by atoms with van der Waals surface area (Å²) in [6, 6.07) is 8.06. The normalized spacial score (nSPS) is 11.6. The molecule has 1 amide bonds. The van der Waals surface area contributed by atoms with Gasteiger partial charge in [-0.1, -0.05) is 46.4 Å². The molecule has 1 aromatic heterocycles. The van der Waals surface area contributed by atoms with E-state index >= 15 is 0 Å². The number of carbonyl (C=O) groups excluding carboxylic acids is 1. The van der Waals surface area contributed by atoms with Crippen LogP contribution in [0.3, 0.4) is 0 Å². The molecule has 0 aliphatic carbocycles. The molecule has 0 aliphatic heterocycles. The molecule has 148 valence electrons. The number of hydrogen-bond acceptors (Lipinski definition) is 4. The van der Waals surface area contributed by atoms with Gasteiger partial charge in [0.05, 0.1) is 22.8 Å². The number of nitrogens with one attached hydrogen (secondary N) is 2. The number of aryl methyl sites for hydroxylation is 1. The molecule has 0 radical (unpaired) electrons. The molecule has 2 N–H and O–H groups in total. The lowest BCUT2D eigenvalue weighted by molar-refractivity contribution is -0.123. The van der Waals surface area contributed by atoms with E-state index in [9.17, 15) is 4.79 Å². The zero-order valence-corrected chi connectivity index (χ0v) is 18.2. The number of carbonyl (C=O) groups is 1. The monoisotopic (exact) mass is 388 g/mol. The van der Waals surface area contributed by atoms with E-state index in [1.807, 2.05) is 40.0 Å². The van der Waals surface area contributed by atoms with Gasteiger partial charge in [-0.15, -0.1) is 0 Å². The van der Waals surface area contributed by atoms with Crippen LogP contribution in [0, 0.1) is 5.41 Å². The van der Waals surface area contributed by atoms with Gasteiger partial charge in [0.15, 0.2) is 0 Å². The van der Waals surface area contributed by atoms with Gasteiger partial charge in [-0.2, -0.15) is 5.10 Å². The number of nitrogens with zero attached hydrogens (tertiary/aromatic N) is 2. The topological polar surface area (TPSA) is 59.0 Å². The lowest BCUT2D eigenvalue weighted by atomic mass is 9.95. The average molecular weight is 389 g/mol. The summed E-state index contributed by atoms with van der Waals surface area (Å²) in [6.07, 6.45) is 1.88. The number of hydrogen-bond donors (Lipinski definition) is 2. The van der Waals surface area contributed by atoms with Crippen LogP contribution in [0.5, 0.6) is 0 Å². The molecule has 0 atom stereocenters. The molecule has 27 heavy (non-hydrogen) atoms. The highest BCUT2D eigenvalue weighted by Crippen LogP contribution is 2.34. The van der Waals surface area contributed by atoms with Crippen molar-refractivity contribution in [3.05, 3.63) is 35.7 Å². The summed E-state index contributed by atoms with van der Waals surface area (Å²) in [7, 11) is 1.96. The third kappa shape index (κ3) is 5.59. The smallest absolute Gasteiger partial charge is 0.229 e. The molecular formula is C21H32N4OS. The van der Waals surface area contributed by atoms with E-state index in [2.05, 4.69) is 41.3 Å². The van der Waals surface area contributed by atoms with Crippen molar-refractivity contribution in [3.8, 4) is 0 Å². The van der Waals surface area contributed by atoms with Crippen LogP contribution in [-0.4, -0.2) is 29.3 Å². The van der Waals surface area contributed by atoms with Crippen molar-refractivity contribution in [2.24, 2.45) is 5.41 Å². The molecule has 0 unspecified atom stereocenters. The van der Waals surface area contributed by atoms with Gasteiger partial charge < -0.3 is 10.6 Å². The summed E-state index contributed by atoms with van der Waals surface area (Å²) in [6.45, 7) is 11.9. The lowest BCUT2D eigenvalue weighted by Gasteiger charge is -2.17. The van der Waals surface area contributed by atoms with E-state index in [0.717, 1.165) is 42.2 Å². The average Bonchev–Trinajstić information content (AvgIpc) is 2.97. The zero-order chi connectivity index (χ0) is 20.0. The van der Waals surface area contributed by atoms with Gasteiger partial charge in [0.1, 0.15) is 0 Å². The Bertz CT molecular complexity index is 760. The number of likely N-dealkylation sites (N-methyl/N-ethyl adjacent to an activating group) is 1. The van der Waals surface area contributed by atoms with Crippen LogP contribution < -0.4 is 10.6 Å². The summed E-state index contributed by atoms with van der Waals surface area (Å²) >= 11 is 1.76. The van der Waals surface area contributed by atoms with Crippen molar-refractivity contribution >= 4 is 23.4 Å². The molecule has 0 saturated heterocycles. The van der Waals surface area contributed by atoms with Crippen molar-refractivity contribution in [3.63, 3.8) is 0 Å². The number of rotatable bonds is 8. The highest BCUT2D eigenvalue weighted by molar-refractivity contribution is 7.99. The maximum atomic E-state index is 12.1. The van der Waals surface area contributed by atoms with E-state index in [4.69, 9.17) is 5.10 Å². The Labute approximate surface area is 167 Å². The van der Waals surface area contributed by atoms with Gasteiger partial charge in [0, 0.05) is 22.5 Å². The van der Waals surface area contributed by atoms with Crippen LogP contribution in [0.2, 0.25) is 0 Å². The Morgan fingerprint density at radius 1 is 1.15 bits per heavy atom. The molecule has 0 spiro atoms. The van der Waals surface area contributed by atoms with Crippen molar-refractivity contribution in [2.75, 3.05) is 18.9 Å². The number of amides is 1. The van der Waals surface area contributed by atoms with Crippen molar-refractivity contribution < 1.29 is 4.79 Å². The first-order valence-electron chi connectivity index (χ1n) is 9.62. The molecule has 6 heteroatoms. The Kier molecular flexibility index (Phi) is 7.50. The quantitative estimate of drug-likeness (QED) is 0.705. The largest absolute Gasteiger partial charge is 0.326 e. The van der Waals surface area contributed by atoms with Crippen LogP contribution >= 0.6 is 11.8 Å². The van der Waals surface area contributed by atoms with Crippen molar-refractivity contribution in [1.29, 1.82) is 0 Å². The minimum atomic E-state index is -0.401. The van der Waals surface area contributed by atoms with Gasteiger partial charge in [-0.05, 0) is 44.2 Å². The fourth-order valence-electron chi connectivity index (χ4n) is 2.67. The molecule has 0 aliphatic rings. The third-order valence-corrected chi connectivity index (χ3v) is 5.52. The van der Waals surface area contributed by atoms with Crippen LogP contribution in [0.4, 0.5) is 5.69 Å². The summed E-state index contributed by atoms with van der Waals surface area (Å²) in [5.74, 6) is 0.0234. The highest BCUT2D eigenvalue weighted by Gasteiger charge is 2.21. The SMILES string of the molecule is CCc1nn(CCNC)c(CC)c1Sc1ccc(NC(=O)C(C)(C)C)cc1. The second-order valence-corrected chi connectivity index (χ2v) is 8.67. The summed E-state index contributed by atoms with van der Waals surface area (Å²) in [5, 5.41) is 11.0. The summed E-state index contributed by atoms with van der Waals surface area (Å²) in [4.78, 5) is 14.6. The Morgan fingerprint density at radius 3 is 2.33 bits per heavy atom. The molecule has 1 heterocycles. The Balaban J connectivity index is 2.19. The molecule has 0 fully saturated rings. The van der Waals surface area contributed by atoms with Gasteiger partial charge in [0.2, 0.25) is 5.91 Å². The second kappa shape index (κ2) is 9.42. The van der Waals surface area contributed by atoms with Gasteiger partial charge in [-0.3, -0.25) is 9.48 Å². The molecule has 2 rings (SSSR count). The predicted molar refractivity (Wildman–Crippen MR) is 114 cm³/mol. The van der Waals surface area contributed by atoms with E-state index in [0.29, 0.717) is 0 Å².